The zero-order valence-electron chi connectivity index (χ0n) is 10.5. The Hall–Kier alpha value is -2.17. The average Bonchev–Trinajstić information content (AvgIpc) is 2.37. The first kappa shape index (κ1) is 12.3. The van der Waals surface area contributed by atoms with Crippen molar-refractivity contribution in [2.75, 3.05) is 5.32 Å². The number of hydrogen-bond acceptors (Lipinski definition) is 4. The largest absolute Gasteiger partial charge is 0.352 e. The molecule has 0 bridgehead atoms. The first-order chi connectivity index (χ1) is 8.65. The number of rotatable bonds is 4. The number of pyridine rings is 1. The van der Waals surface area contributed by atoms with Gasteiger partial charge in [-0.25, -0.2) is 4.98 Å². The summed E-state index contributed by atoms with van der Waals surface area (Å²) in [5.41, 5.74) is 1.74. The SMILES string of the molecule is CC(C)c1cc(=O)[nH]c(NCc2ccncc2)n1. The lowest BCUT2D eigenvalue weighted by Crippen LogP contribution is -2.14. The van der Waals surface area contributed by atoms with Crippen molar-refractivity contribution in [1.29, 1.82) is 0 Å². The van der Waals surface area contributed by atoms with Crippen LogP contribution in [0.25, 0.3) is 0 Å². The topological polar surface area (TPSA) is 70.7 Å². The molecule has 0 fully saturated rings. The van der Waals surface area contributed by atoms with Gasteiger partial charge in [0.1, 0.15) is 0 Å². The predicted octanol–water partition coefficient (Wildman–Crippen LogP) is 1.90. The standard InChI is InChI=1S/C13H16N4O/c1-9(2)11-7-12(18)17-13(16-11)15-8-10-3-5-14-6-4-10/h3-7,9H,8H2,1-2H3,(H2,15,16,17,18). The van der Waals surface area contributed by atoms with E-state index in [9.17, 15) is 4.79 Å². The van der Waals surface area contributed by atoms with Crippen LogP contribution in [0.5, 0.6) is 0 Å². The fraction of sp³-hybridized carbons (Fsp3) is 0.308. The molecule has 2 heterocycles. The number of nitrogens with zero attached hydrogens (tertiary/aromatic N) is 2. The van der Waals surface area contributed by atoms with Gasteiger partial charge in [0.2, 0.25) is 5.95 Å². The molecule has 0 saturated carbocycles. The lowest BCUT2D eigenvalue weighted by molar-refractivity contribution is 0.808. The highest BCUT2D eigenvalue weighted by atomic mass is 16.1. The number of H-pyrrole nitrogens is 1. The van der Waals surface area contributed by atoms with E-state index in [1.165, 1.54) is 6.07 Å². The van der Waals surface area contributed by atoms with E-state index in [-0.39, 0.29) is 11.5 Å². The van der Waals surface area contributed by atoms with E-state index in [0.717, 1.165) is 11.3 Å². The molecule has 5 nitrogen and oxygen atoms in total. The zero-order valence-corrected chi connectivity index (χ0v) is 10.5. The van der Waals surface area contributed by atoms with E-state index in [1.54, 1.807) is 12.4 Å². The maximum Gasteiger partial charge on any atom is 0.252 e. The summed E-state index contributed by atoms with van der Waals surface area (Å²) < 4.78 is 0. The van der Waals surface area contributed by atoms with Crippen LogP contribution in [0, 0.1) is 0 Å². The first-order valence-electron chi connectivity index (χ1n) is 5.89. The molecule has 5 heteroatoms. The zero-order chi connectivity index (χ0) is 13.0. The van der Waals surface area contributed by atoms with Gasteiger partial charge in [0.15, 0.2) is 0 Å². The van der Waals surface area contributed by atoms with Gasteiger partial charge in [-0.05, 0) is 23.6 Å². The van der Waals surface area contributed by atoms with E-state index in [2.05, 4.69) is 20.3 Å². The summed E-state index contributed by atoms with van der Waals surface area (Å²) in [7, 11) is 0. The highest BCUT2D eigenvalue weighted by Gasteiger charge is 2.04. The molecule has 0 aliphatic heterocycles. The van der Waals surface area contributed by atoms with Gasteiger partial charge in [0.25, 0.3) is 5.56 Å². The monoisotopic (exact) mass is 244 g/mol. The number of aromatic nitrogens is 3. The van der Waals surface area contributed by atoms with Crippen molar-refractivity contribution in [3.8, 4) is 0 Å². The fourth-order valence-corrected chi connectivity index (χ4v) is 1.54. The summed E-state index contributed by atoms with van der Waals surface area (Å²) >= 11 is 0. The molecule has 0 unspecified atom stereocenters. The Labute approximate surface area is 105 Å². The third-order valence-corrected chi connectivity index (χ3v) is 2.56. The molecule has 2 aromatic heterocycles. The molecule has 94 valence electrons. The minimum atomic E-state index is -0.133. The molecular weight excluding hydrogens is 228 g/mol. The maximum atomic E-state index is 11.5. The number of anilines is 1. The van der Waals surface area contributed by atoms with E-state index in [4.69, 9.17) is 0 Å². The number of hydrogen-bond donors (Lipinski definition) is 2. The van der Waals surface area contributed by atoms with Crippen molar-refractivity contribution in [2.24, 2.45) is 0 Å². The third kappa shape index (κ3) is 3.16. The van der Waals surface area contributed by atoms with Crippen LogP contribution in [0.4, 0.5) is 5.95 Å². The smallest absolute Gasteiger partial charge is 0.252 e. The summed E-state index contributed by atoms with van der Waals surface area (Å²) in [5.74, 6) is 0.733. The van der Waals surface area contributed by atoms with Gasteiger partial charge in [-0.2, -0.15) is 0 Å². The molecule has 0 radical (unpaired) electrons. The van der Waals surface area contributed by atoms with E-state index < -0.39 is 0 Å². The molecule has 0 amide bonds. The van der Waals surface area contributed by atoms with Crippen molar-refractivity contribution >= 4 is 5.95 Å². The fourth-order valence-electron chi connectivity index (χ4n) is 1.54. The van der Waals surface area contributed by atoms with Crippen LogP contribution >= 0.6 is 0 Å². The summed E-state index contributed by atoms with van der Waals surface area (Å²) in [5, 5.41) is 3.10. The lowest BCUT2D eigenvalue weighted by atomic mass is 10.1. The molecule has 0 saturated heterocycles. The molecule has 0 spiro atoms. The lowest BCUT2D eigenvalue weighted by Gasteiger charge is -2.08. The van der Waals surface area contributed by atoms with Crippen LogP contribution in [0.2, 0.25) is 0 Å². The van der Waals surface area contributed by atoms with Crippen LogP contribution in [-0.4, -0.2) is 15.0 Å². The van der Waals surface area contributed by atoms with Gasteiger partial charge in [0.05, 0.1) is 5.69 Å². The summed E-state index contributed by atoms with van der Waals surface area (Å²) in [6.45, 7) is 4.62. The van der Waals surface area contributed by atoms with Gasteiger partial charge in [-0.1, -0.05) is 13.8 Å². The van der Waals surface area contributed by atoms with Crippen molar-refractivity contribution in [2.45, 2.75) is 26.3 Å². The molecule has 0 atom stereocenters. The van der Waals surface area contributed by atoms with Gasteiger partial charge in [-0.15, -0.1) is 0 Å². The second-order valence-electron chi connectivity index (χ2n) is 4.38. The Morgan fingerprint density at radius 1 is 1.33 bits per heavy atom. The van der Waals surface area contributed by atoms with Gasteiger partial charge in [-0.3, -0.25) is 14.8 Å². The summed E-state index contributed by atoms with van der Waals surface area (Å²) in [6, 6.07) is 5.36. The van der Waals surface area contributed by atoms with Crippen LogP contribution in [0.1, 0.15) is 31.0 Å². The van der Waals surface area contributed by atoms with Crippen LogP contribution in [0.3, 0.4) is 0 Å². The summed E-state index contributed by atoms with van der Waals surface area (Å²) in [6.07, 6.45) is 3.47. The molecule has 18 heavy (non-hydrogen) atoms. The van der Waals surface area contributed by atoms with Crippen molar-refractivity contribution < 1.29 is 0 Å². The maximum absolute atomic E-state index is 11.5. The number of nitrogens with one attached hydrogen (secondary N) is 2. The molecule has 2 aromatic rings. The Morgan fingerprint density at radius 3 is 2.72 bits per heavy atom. The van der Waals surface area contributed by atoms with Crippen molar-refractivity contribution in [3.05, 3.63) is 52.2 Å². The second-order valence-corrected chi connectivity index (χ2v) is 4.38. The van der Waals surface area contributed by atoms with Gasteiger partial charge in [0, 0.05) is 25.0 Å². The minimum absolute atomic E-state index is 0.133. The van der Waals surface area contributed by atoms with Crippen molar-refractivity contribution in [3.63, 3.8) is 0 Å². The molecule has 0 aliphatic carbocycles. The molecule has 0 aliphatic rings. The van der Waals surface area contributed by atoms with E-state index in [0.29, 0.717) is 12.5 Å². The highest BCUT2D eigenvalue weighted by molar-refractivity contribution is 5.28. The highest BCUT2D eigenvalue weighted by Crippen LogP contribution is 2.10. The van der Waals surface area contributed by atoms with E-state index >= 15 is 0 Å². The van der Waals surface area contributed by atoms with Gasteiger partial charge < -0.3 is 5.32 Å². The van der Waals surface area contributed by atoms with Crippen LogP contribution in [0.15, 0.2) is 35.4 Å². The average molecular weight is 244 g/mol. The Bertz CT molecular complexity index is 563. The Morgan fingerprint density at radius 2 is 2.06 bits per heavy atom. The second kappa shape index (κ2) is 5.44. The van der Waals surface area contributed by atoms with Crippen LogP contribution < -0.4 is 10.9 Å². The Kier molecular flexibility index (Phi) is 3.72. The molecule has 0 aromatic carbocycles. The molecule has 2 N–H and O–H groups in total. The van der Waals surface area contributed by atoms with Gasteiger partial charge >= 0.3 is 0 Å². The third-order valence-electron chi connectivity index (χ3n) is 2.56. The normalized spacial score (nSPS) is 10.6. The number of aromatic amines is 1. The molecule has 2 rings (SSSR count). The Balaban J connectivity index is 2.12. The van der Waals surface area contributed by atoms with Crippen LogP contribution in [-0.2, 0) is 6.54 Å². The quantitative estimate of drug-likeness (QED) is 0.861. The molecular formula is C13H16N4O. The van der Waals surface area contributed by atoms with E-state index in [1.807, 2.05) is 26.0 Å². The first-order valence-corrected chi connectivity index (χ1v) is 5.89. The minimum Gasteiger partial charge on any atom is -0.352 e. The van der Waals surface area contributed by atoms with Crippen molar-refractivity contribution in [1.82, 2.24) is 15.0 Å². The predicted molar refractivity (Wildman–Crippen MR) is 70.5 cm³/mol. The summed E-state index contributed by atoms with van der Waals surface area (Å²) in [4.78, 5) is 22.5.